The molecule has 0 aliphatic carbocycles. The maximum Gasteiger partial charge on any atom is 0.233 e. The number of rotatable bonds is 4. The second-order valence-corrected chi connectivity index (χ2v) is 9.11. The van der Waals surface area contributed by atoms with Crippen molar-refractivity contribution in [2.75, 3.05) is 39.4 Å². The van der Waals surface area contributed by atoms with Crippen molar-refractivity contribution in [2.24, 2.45) is 0 Å². The van der Waals surface area contributed by atoms with Gasteiger partial charge in [0.15, 0.2) is 0 Å². The molecule has 4 rings (SSSR count). The van der Waals surface area contributed by atoms with Crippen molar-refractivity contribution in [3.8, 4) is 0 Å². The summed E-state index contributed by atoms with van der Waals surface area (Å²) in [5.41, 5.74) is 3.39. The Morgan fingerprint density at radius 3 is 2.31 bits per heavy atom. The number of benzene rings is 2. The molecule has 2 aromatic rings. The van der Waals surface area contributed by atoms with Crippen LogP contribution in [0, 0.1) is 6.92 Å². The molecule has 2 aliphatic rings. The summed E-state index contributed by atoms with van der Waals surface area (Å²) in [5.74, 6) is 0.277. The fourth-order valence-electron chi connectivity index (χ4n) is 4.55. The number of carbonyl (C=O) groups is 1. The zero-order valence-corrected chi connectivity index (χ0v) is 18.7. The van der Waals surface area contributed by atoms with Crippen molar-refractivity contribution in [2.45, 2.75) is 31.7 Å². The number of halogens is 1. The third-order valence-electron chi connectivity index (χ3n) is 6.47. The van der Waals surface area contributed by atoms with Gasteiger partial charge in [-0.1, -0.05) is 52.3 Å². The lowest BCUT2D eigenvalue weighted by atomic mass is 9.73. The van der Waals surface area contributed by atoms with Gasteiger partial charge in [-0.3, -0.25) is 9.69 Å². The average molecular weight is 457 g/mol. The van der Waals surface area contributed by atoms with Gasteiger partial charge in [-0.25, -0.2) is 0 Å². The maximum atomic E-state index is 13.7. The summed E-state index contributed by atoms with van der Waals surface area (Å²) >= 11 is 3.51. The van der Waals surface area contributed by atoms with Crippen LogP contribution < -0.4 is 0 Å². The standard InChI is InChI=1S/C24H29BrN2O2/c1-19-4-2-3-5-20(19)18-26-12-14-27(15-13-26)23(28)24(10-16-29-17-11-24)21-6-8-22(25)9-7-21/h2-9H,10-18H2,1H3. The Morgan fingerprint density at radius 2 is 1.66 bits per heavy atom. The molecule has 2 saturated heterocycles. The molecular weight excluding hydrogens is 428 g/mol. The first-order valence-corrected chi connectivity index (χ1v) is 11.3. The maximum absolute atomic E-state index is 13.7. The van der Waals surface area contributed by atoms with E-state index in [0.29, 0.717) is 13.2 Å². The predicted octanol–water partition coefficient (Wildman–Crippen LogP) is 4.15. The van der Waals surface area contributed by atoms with Crippen LogP contribution in [0.25, 0.3) is 0 Å². The Kier molecular flexibility index (Phi) is 6.38. The lowest BCUT2D eigenvalue weighted by Crippen LogP contribution is -2.55. The van der Waals surface area contributed by atoms with E-state index < -0.39 is 5.41 Å². The number of hydrogen-bond donors (Lipinski definition) is 0. The van der Waals surface area contributed by atoms with E-state index in [1.165, 1.54) is 11.1 Å². The highest BCUT2D eigenvalue weighted by molar-refractivity contribution is 9.10. The molecule has 29 heavy (non-hydrogen) atoms. The molecule has 2 aromatic carbocycles. The van der Waals surface area contributed by atoms with Crippen LogP contribution in [-0.2, 0) is 21.5 Å². The lowest BCUT2D eigenvalue weighted by molar-refractivity contribution is -0.143. The zero-order valence-electron chi connectivity index (χ0n) is 17.1. The third kappa shape index (κ3) is 4.42. The minimum atomic E-state index is -0.447. The first kappa shape index (κ1) is 20.6. The van der Waals surface area contributed by atoms with Gasteiger partial charge >= 0.3 is 0 Å². The molecule has 2 fully saturated rings. The molecule has 0 atom stereocenters. The van der Waals surface area contributed by atoms with Crippen LogP contribution in [0.2, 0.25) is 0 Å². The highest BCUT2D eigenvalue weighted by Crippen LogP contribution is 2.37. The van der Waals surface area contributed by atoms with Crippen LogP contribution >= 0.6 is 15.9 Å². The Labute approximate surface area is 182 Å². The quantitative estimate of drug-likeness (QED) is 0.692. The topological polar surface area (TPSA) is 32.8 Å². The monoisotopic (exact) mass is 456 g/mol. The molecule has 2 heterocycles. The largest absolute Gasteiger partial charge is 0.381 e. The van der Waals surface area contributed by atoms with Crippen molar-refractivity contribution < 1.29 is 9.53 Å². The van der Waals surface area contributed by atoms with Gasteiger partial charge in [0.1, 0.15) is 0 Å². The van der Waals surface area contributed by atoms with Gasteiger partial charge in [-0.2, -0.15) is 0 Å². The number of ether oxygens (including phenoxy) is 1. The van der Waals surface area contributed by atoms with E-state index in [0.717, 1.165) is 55.6 Å². The van der Waals surface area contributed by atoms with Crippen molar-refractivity contribution in [3.63, 3.8) is 0 Å². The molecule has 0 aromatic heterocycles. The molecule has 0 saturated carbocycles. The first-order chi connectivity index (χ1) is 14.1. The molecule has 0 spiro atoms. The van der Waals surface area contributed by atoms with Gasteiger partial charge in [0.05, 0.1) is 5.41 Å². The second kappa shape index (κ2) is 8.99. The number of piperazine rings is 1. The van der Waals surface area contributed by atoms with Gasteiger partial charge in [0, 0.05) is 50.4 Å². The SMILES string of the molecule is Cc1ccccc1CN1CCN(C(=O)C2(c3ccc(Br)cc3)CCOCC2)CC1. The van der Waals surface area contributed by atoms with Gasteiger partial charge in [-0.15, -0.1) is 0 Å². The molecule has 2 aliphatic heterocycles. The van der Waals surface area contributed by atoms with Crippen molar-refractivity contribution in [3.05, 3.63) is 69.7 Å². The van der Waals surface area contributed by atoms with E-state index in [9.17, 15) is 4.79 Å². The van der Waals surface area contributed by atoms with Crippen molar-refractivity contribution in [1.29, 1.82) is 0 Å². The van der Waals surface area contributed by atoms with E-state index in [1.807, 2.05) is 12.1 Å². The molecule has 0 radical (unpaired) electrons. The third-order valence-corrected chi connectivity index (χ3v) is 7.00. The molecular formula is C24H29BrN2O2. The molecule has 0 N–H and O–H groups in total. The summed E-state index contributed by atoms with van der Waals surface area (Å²) < 4.78 is 6.66. The number of nitrogens with zero attached hydrogens (tertiary/aromatic N) is 2. The summed E-state index contributed by atoms with van der Waals surface area (Å²) in [4.78, 5) is 18.3. The van der Waals surface area contributed by atoms with Crippen LogP contribution in [0.1, 0.15) is 29.5 Å². The minimum absolute atomic E-state index is 0.277. The van der Waals surface area contributed by atoms with Crippen LogP contribution in [0.3, 0.4) is 0 Å². The fraction of sp³-hybridized carbons (Fsp3) is 0.458. The molecule has 5 heteroatoms. The Balaban J connectivity index is 1.45. The summed E-state index contributed by atoms with van der Waals surface area (Å²) in [5, 5.41) is 0. The van der Waals surface area contributed by atoms with Gasteiger partial charge in [0.2, 0.25) is 5.91 Å². The molecule has 1 amide bonds. The molecule has 0 unspecified atom stereocenters. The van der Waals surface area contributed by atoms with Crippen LogP contribution in [0.15, 0.2) is 53.0 Å². The predicted molar refractivity (Wildman–Crippen MR) is 119 cm³/mol. The summed E-state index contributed by atoms with van der Waals surface area (Å²) in [7, 11) is 0. The van der Waals surface area contributed by atoms with Gasteiger partial charge < -0.3 is 9.64 Å². The lowest BCUT2D eigenvalue weighted by Gasteiger charge is -2.43. The van der Waals surface area contributed by atoms with E-state index in [4.69, 9.17) is 4.74 Å². The van der Waals surface area contributed by atoms with Gasteiger partial charge in [0.25, 0.3) is 0 Å². The number of hydrogen-bond acceptors (Lipinski definition) is 3. The number of carbonyl (C=O) groups excluding carboxylic acids is 1. The smallest absolute Gasteiger partial charge is 0.233 e. The van der Waals surface area contributed by atoms with Crippen LogP contribution in [-0.4, -0.2) is 55.1 Å². The summed E-state index contributed by atoms with van der Waals surface area (Å²) in [6.07, 6.45) is 1.52. The molecule has 4 nitrogen and oxygen atoms in total. The highest BCUT2D eigenvalue weighted by Gasteiger charge is 2.44. The number of amides is 1. The van der Waals surface area contributed by atoms with Crippen molar-refractivity contribution >= 4 is 21.8 Å². The Morgan fingerprint density at radius 1 is 1.00 bits per heavy atom. The normalized spacial score (nSPS) is 19.9. The minimum Gasteiger partial charge on any atom is -0.381 e. The zero-order chi connectivity index (χ0) is 20.3. The van der Waals surface area contributed by atoms with E-state index in [2.05, 4.69) is 69.1 Å². The average Bonchev–Trinajstić information content (AvgIpc) is 2.76. The van der Waals surface area contributed by atoms with Crippen LogP contribution in [0.4, 0.5) is 0 Å². The van der Waals surface area contributed by atoms with Gasteiger partial charge in [-0.05, 0) is 48.6 Å². The fourth-order valence-corrected chi connectivity index (χ4v) is 4.82. The first-order valence-electron chi connectivity index (χ1n) is 10.5. The van der Waals surface area contributed by atoms with Crippen molar-refractivity contribution in [1.82, 2.24) is 9.80 Å². The highest BCUT2D eigenvalue weighted by atomic mass is 79.9. The van der Waals surface area contributed by atoms with E-state index in [-0.39, 0.29) is 5.91 Å². The van der Waals surface area contributed by atoms with E-state index >= 15 is 0 Å². The summed E-state index contributed by atoms with van der Waals surface area (Å²) in [6.45, 7) is 7.86. The molecule has 154 valence electrons. The second-order valence-electron chi connectivity index (χ2n) is 8.20. The molecule has 0 bridgehead atoms. The van der Waals surface area contributed by atoms with Crippen LogP contribution in [0.5, 0.6) is 0 Å². The summed E-state index contributed by atoms with van der Waals surface area (Å²) in [6, 6.07) is 16.9. The van der Waals surface area contributed by atoms with E-state index in [1.54, 1.807) is 0 Å². The Bertz CT molecular complexity index is 838. The Hall–Kier alpha value is -1.69. The number of aryl methyl sites for hydroxylation is 1.